The second kappa shape index (κ2) is 6.19. The van der Waals surface area contributed by atoms with Gasteiger partial charge in [0.15, 0.2) is 0 Å². The highest BCUT2D eigenvalue weighted by Gasteiger charge is 2.49. The van der Waals surface area contributed by atoms with Crippen LogP contribution in [0.1, 0.15) is 32.3 Å². The summed E-state index contributed by atoms with van der Waals surface area (Å²) in [7, 11) is 1.68. The van der Waals surface area contributed by atoms with Gasteiger partial charge in [-0.2, -0.15) is 0 Å². The normalized spacial score (nSPS) is 27.2. The van der Waals surface area contributed by atoms with E-state index in [9.17, 15) is 4.79 Å². The molecule has 120 valence electrons. The Kier molecular flexibility index (Phi) is 4.27. The third kappa shape index (κ3) is 3.21. The molecule has 0 radical (unpaired) electrons. The summed E-state index contributed by atoms with van der Waals surface area (Å²) < 4.78 is 10.5. The van der Waals surface area contributed by atoms with Crippen LogP contribution in [0.25, 0.3) is 0 Å². The van der Waals surface area contributed by atoms with Crippen molar-refractivity contribution in [3.05, 3.63) is 29.8 Å². The number of cyclic esters (lactones) is 1. The first-order chi connectivity index (χ1) is 10.6. The van der Waals surface area contributed by atoms with Gasteiger partial charge in [0.25, 0.3) is 0 Å². The number of carbonyl (C=O) groups excluding carboxylic acids is 1. The van der Waals surface area contributed by atoms with Gasteiger partial charge in [0.2, 0.25) is 0 Å². The molecule has 1 heterocycles. The standard InChI is InChI=1S/C18H25NO3/c1-12(2)8-15-11-22-18(20)19(15)17-10-14(17)9-13-4-6-16(21-3)7-5-13/h4-7,12,14-15,17H,8-11H2,1-3H3/t14-,15-,17-/m0/s1. The Bertz CT molecular complexity index is 526. The highest BCUT2D eigenvalue weighted by atomic mass is 16.6. The first kappa shape index (κ1) is 15.2. The van der Waals surface area contributed by atoms with E-state index in [4.69, 9.17) is 9.47 Å². The third-order valence-electron chi connectivity index (χ3n) is 4.65. The Morgan fingerprint density at radius 1 is 1.32 bits per heavy atom. The zero-order valence-electron chi connectivity index (χ0n) is 13.6. The molecule has 0 unspecified atom stereocenters. The van der Waals surface area contributed by atoms with Crippen molar-refractivity contribution in [3.8, 4) is 5.75 Å². The van der Waals surface area contributed by atoms with Crippen LogP contribution in [-0.4, -0.2) is 36.8 Å². The lowest BCUT2D eigenvalue weighted by atomic mass is 10.0. The van der Waals surface area contributed by atoms with Gasteiger partial charge in [0, 0.05) is 6.04 Å². The van der Waals surface area contributed by atoms with Gasteiger partial charge in [0.1, 0.15) is 12.4 Å². The van der Waals surface area contributed by atoms with Crippen molar-refractivity contribution in [2.45, 2.75) is 45.2 Å². The zero-order chi connectivity index (χ0) is 15.7. The lowest BCUT2D eigenvalue weighted by Crippen LogP contribution is -2.37. The number of methoxy groups -OCH3 is 1. The van der Waals surface area contributed by atoms with Gasteiger partial charge in [-0.25, -0.2) is 4.79 Å². The molecule has 0 N–H and O–H groups in total. The van der Waals surface area contributed by atoms with Crippen LogP contribution < -0.4 is 4.74 Å². The molecule has 4 nitrogen and oxygen atoms in total. The molecule has 1 amide bonds. The van der Waals surface area contributed by atoms with Crippen LogP contribution in [0.4, 0.5) is 4.79 Å². The summed E-state index contributed by atoms with van der Waals surface area (Å²) in [6, 6.07) is 8.85. The molecule has 1 aliphatic carbocycles. The molecule has 0 bridgehead atoms. The first-order valence-corrected chi connectivity index (χ1v) is 8.16. The van der Waals surface area contributed by atoms with E-state index in [-0.39, 0.29) is 12.1 Å². The number of ether oxygens (including phenoxy) is 2. The van der Waals surface area contributed by atoms with E-state index < -0.39 is 0 Å². The van der Waals surface area contributed by atoms with Gasteiger partial charge in [0.05, 0.1) is 13.2 Å². The highest BCUT2D eigenvalue weighted by molar-refractivity contribution is 5.71. The minimum atomic E-state index is -0.118. The van der Waals surface area contributed by atoms with Crippen LogP contribution in [-0.2, 0) is 11.2 Å². The van der Waals surface area contributed by atoms with E-state index in [1.807, 2.05) is 17.0 Å². The predicted molar refractivity (Wildman–Crippen MR) is 85.0 cm³/mol. The fourth-order valence-electron chi connectivity index (χ4n) is 3.46. The average molecular weight is 303 g/mol. The van der Waals surface area contributed by atoms with E-state index in [1.54, 1.807) is 7.11 Å². The number of hydrogen-bond donors (Lipinski definition) is 0. The van der Waals surface area contributed by atoms with Gasteiger partial charge in [-0.1, -0.05) is 26.0 Å². The maximum Gasteiger partial charge on any atom is 0.410 e. The zero-order valence-corrected chi connectivity index (χ0v) is 13.6. The molecule has 4 heteroatoms. The van der Waals surface area contributed by atoms with Gasteiger partial charge in [-0.05, 0) is 48.8 Å². The van der Waals surface area contributed by atoms with Crippen LogP contribution >= 0.6 is 0 Å². The number of amides is 1. The smallest absolute Gasteiger partial charge is 0.410 e. The second-order valence-electron chi connectivity index (χ2n) is 6.88. The molecule has 22 heavy (non-hydrogen) atoms. The van der Waals surface area contributed by atoms with Crippen molar-refractivity contribution in [3.63, 3.8) is 0 Å². The van der Waals surface area contributed by atoms with Gasteiger partial charge >= 0.3 is 6.09 Å². The van der Waals surface area contributed by atoms with E-state index in [1.165, 1.54) is 5.56 Å². The third-order valence-corrected chi connectivity index (χ3v) is 4.65. The molecular weight excluding hydrogens is 278 g/mol. The Labute approximate surface area is 132 Å². The molecule has 0 aromatic heterocycles. The van der Waals surface area contributed by atoms with Crippen molar-refractivity contribution in [1.82, 2.24) is 4.90 Å². The minimum Gasteiger partial charge on any atom is -0.497 e. The number of benzene rings is 1. The van der Waals surface area contributed by atoms with Crippen molar-refractivity contribution in [1.29, 1.82) is 0 Å². The fourth-order valence-corrected chi connectivity index (χ4v) is 3.46. The van der Waals surface area contributed by atoms with Gasteiger partial charge in [-0.15, -0.1) is 0 Å². The van der Waals surface area contributed by atoms with Crippen molar-refractivity contribution >= 4 is 6.09 Å². The average Bonchev–Trinajstić information content (AvgIpc) is 3.14. The van der Waals surface area contributed by atoms with E-state index >= 15 is 0 Å². The Morgan fingerprint density at radius 2 is 2.05 bits per heavy atom. The number of hydrogen-bond acceptors (Lipinski definition) is 3. The van der Waals surface area contributed by atoms with Gasteiger partial charge in [-0.3, -0.25) is 4.90 Å². The van der Waals surface area contributed by atoms with Crippen LogP contribution in [0, 0.1) is 11.8 Å². The first-order valence-electron chi connectivity index (χ1n) is 8.16. The van der Waals surface area contributed by atoms with E-state index in [0.717, 1.165) is 25.0 Å². The summed E-state index contributed by atoms with van der Waals surface area (Å²) in [5, 5.41) is 0. The molecule has 2 aliphatic rings. The lowest BCUT2D eigenvalue weighted by molar-refractivity contribution is 0.154. The highest BCUT2D eigenvalue weighted by Crippen LogP contribution is 2.42. The molecular formula is C18H25NO3. The molecule has 1 aromatic rings. The summed E-state index contributed by atoms with van der Waals surface area (Å²) in [5.74, 6) is 2.03. The Morgan fingerprint density at radius 3 is 2.68 bits per heavy atom. The summed E-state index contributed by atoms with van der Waals surface area (Å²) >= 11 is 0. The van der Waals surface area contributed by atoms with Crippen LogP contribution in [0.15, 0.2) is 24.3 Å². The summed E-state index contributed by atoms with van der Waals surface area (Å²) in [4.78, 5) is 14.0. The molecule has 3 atom stereocenters. The molecule has 0 spiro atoms. The predicted octanol–water partition coefficient (Wildman–Crippen LogP) is 3.49. The second-order valence-corrected chi connectivity index (χ2v) is 6.88. The van der Waals surface area contributed by atoms with Gasteiger partial charge < -0.3 is 9.47 Å². The van der Waals surface area contributed by atoms with Crippen LogP contribution in [0.2, 0.25) is 0 Å². The molecule has 3 rings (SSSR count). The largest absolute Gasteiger partial charge is 0.497 e. The summed E-state index contributed by atoms with van der Waals surface area (Å²) in [6.07, 6.45) is 3.02. The SMILES string of the molecule is COc1ccc(C[C@H]2C[C@@H]2N2C(=O)OC[C@@H]2CC(C)C)cc1. The monoisotopic (exact) mass is 303 g/mol. The molecule has 1 saturated heterocycles. The fraction of sp³-hybridized carbons (Fsp3) is 0.611. The Balaban J connectivity index is 1.59. The quantitative estimate of drug-likeness (QED) is 0.807. The van der Waals surface area contributed by atoms with Crippen molar-refractivity contribution in [2.75, 3.05) is 13.7 Å². The number of carbonyl (C=O) groups is 1. The van der Waals surface area contributed by atoms with Crippen molar-refractivity contribution in [2.24, 2.45) is 11.8 Å². The summed E-state index contributed by atoms with van der Waals surface area (Å²) in [6.45, 7) is 4.95. The molecule has 1 saturated carbocycles. The maximum atomic E-state index is 12.0. The summed E-state index contributed by atoms with van der Waals surface area (Å²) in [5.41, 5.74) is 1.31. The number of rotatable bonds is 6. The number of nitrogens with zero attached hydrogens (tertiary/aromatic N) is 1. The van der Waals surface area contributed by atoms with Crippen LogP contribution in [0.5, 0.6) is 5.75 Å². The minimum absolute atomic E-state index is 0.118. The topological polar surface area (TPSA) is 38.8 Å². The van der Waals surface area contributed by atoms with Crippen molar-refractivity contribution < 1.29 is 14.3 Å². The maximum absolute atomic E-state index is 12.0. The van der Waals surface area contributed by atoms with E-state index in [0.29, 0.717) is 24.5 Å². The van der Waals surface area contributed by atoms with E-state index in [2.05, 4.69) is 26.0 Å². The molecule has 1 aromatic carbocycles. The molecule has 2 fully saturated rings. The van der Waals surface area contributed by atoms with Crippen LogP contribution in [0.3, 0.4) is 0 Å². The molecule has 1 aliphatic heterocycles. The Hall–Kier alpha value is -1.71. The lowest BCUT2D eigenvalue weighted by Gasteiger charge is -2.23.